The van der Waals surface area contributed by atoms with Gasteiger partial charge in [-0.25, -0.2) is 4.98 Å². The monoisotopic (exact) mass is 427 g/mol. The van der Waals surface area contributed by atoms with Crippen molar-refractivity contribution in [1.29, 1.82) is 0 Å². The van der Waals surface area contributed by atoms with Crippen LogP contribution < -0.4 is 0 Å². The van der Waals surface area contributed by atoms with Crippen molar-refractivity contribution in [2.45, 2.75) is 13.8 Å². The first-order valence-electron chi connectivity index (χ1n) is 5.88. The van der Waals surface area contributed by atoms with Crippen LogP contribution in [0.15, 0.2) is 39.2 Å². The fraction of sp³-hybridized carbons (Fsp3) is 0.133. The van der Waals surface area contributed by atoms with Gasteiger partial charge in [0.2, 0.25) is 5.89 Å². The van der Waals surface area contributed by atoms with Crippen LogP contribution in [0.4, 0.5) is 0 Å². The lowest BCUT2D eigenvalue weighted by Crippen LogP contribution is -1.83. The molecule has 0 aliphatic heterocycles. The van der Waals surface area contributed by atoms with Crippen LogP contribution in [0.2, 0.25) is 0 Å². The van der Waals surface area contributed by atoms with Crippen molar-refractivity contribution < 1.29 is 4.42 Å². The van der Waals surface area contributed by atoms with E-state index in [9.17, 15) is 0 Å². The molecule has 3 rings (SSSR count). The van der Waals surface area contributed by atoms with Gasteiger partial charge >= 0.3 is 0 Å². The molecule has 1 heterocycles. The van der Waals surface area contributed by atoms with E-state index >= 15 is 0 Å². The molecule has 0 bridgehead atoms. The van der Waals surface area contributed by atoms with Crippen molar-refractivity contribution in [1.82, 2.24) is 4.98 Å². The van der Waals surface area contributed by atoms with E-state index in [4.69, 9.17) is 4.42 Å². The van der Waals surface area contributed by atoms with Crippen LogP contribution >= 0.6 is 38.5 Å². The van der Waals surface area contributed by atoms with Gasteiger partial charge in [0.05, 0.1) is 4.47 Å². The minimum atomic E-state index is 0.666. The molecule has 2 nitrogen and oxygen atoms in total. The Bertz CT molecular complexity index is 779. The van der Waals surface area contributed by atoms with Gasteiger partial charge in [-0.2, -0.15) is 0 Å². The fourth-order valence-electron chi connectivity index (χ4n) is 1.99. The molecule has 19 heavy (non-hydrogen) atoms. The SMILES string of the molecule is Cc1cc2nc(-c3cccc(I)c3)oc2c(Br)c1C. The maximum absolute atomic E-state index is 5.91. The number of hydrogen-bond donors (Lipinski definition) is 0. The van der Waals surface area contributed by atoms with Crippen LogP contribution in [0.1, 0.15) is 11.1 Å². The van der Waals surface area contributed by atoms with Gasteiger partial charge in [-0.1, -0.05) is 6.07 Å². The van der Waals surface area contributed by atoms with Crippen molar-refractivity contribution in [3.8, 4) is 11.5 Å². The Morgan fingerprint density at radius 3 is 2.74 bits per heavy atom. The number of benzene rings is 2. The van der Waals surface area contributed by atoms with Crippen LogP contribution in [-0.2, 0) is 0 Å². The number of oxazole rings is 1. The maximum atomic E-state index is 5.91. The van der Waals surface area contributed by atoms with Crippen LogP contribution in [-0.4, -0.2) is 4.98 Å². The van der Waals surface area contributed by atoms with E-state index in [0.29, 0.717) is 5.89 Å². The number of halogens is 2. The van der Waals surface area contributed by atoms with E-state index in [0.717, 1.165) is 21.1 Å². The van der Waals surface area contributed by atoms with Gasteiger partial charge in [0.15, 0.2) is 5.58 Å². The lowest BCUT2D eigenvalue weighted by atomic mass is 10.1. The molecule has 0 saturated heterocycles. The summed E-state index contributed by atoms with van der Waals surface area (Å²) in [4.78, 5) is 4.59. The van der Waals surface area contributed by atoms with Crippen LogP contribution in [0.25, 0.3) is 22.6 Å². The summed E-state index contributed by atoms with van der Waals surface area (Å²) >= 11 is 5.89. The molecule has 0 radical (unpaired) electrons. The Kier molecular flexibility index (Phi) is 3.39. The number of aromatic nitrogens is 1. The van der Waals surface area contributed by atoms with Gasteiger partial charge in [-0.15, -0.1) is 0 Å². The molecule has 0 spiro atoms. The Hall–Kier alpha value is -0.880. The summed E-state index contributed by atoms with van der Waals surface area (Å²) in [6.07, 6.45) is 0. The molecular formula is C15H11BrINO. The van der Waals surface area contributed by atoms with Gasteiger partial charge < -0.3 is 4.42 Å². The van der Waals surface area contributed by atoms with Crippen molar-refractivity contribution in [2.75, 3.05) is 0 Å². The zero-order valence-corrected chi connectivity index (χ0v) is 14.2. The summed E-state index contributed by atoms with van der Waals surface area (Å²) < 4.78 is 8.08. The fourth-order valence-corrected chi connectivity index (χ4v) is 3.13. The molecule has 0 unspecified atom stereocenters. The number of hydrogen-bond acceptors (Lipinski definition) is 2. The topological polar surface area (TPSA) is 26.0 Å². The predicted molar refractivity (Wildman–Crippen MR) is 89.3 cm³/mol. The van der Waals surface area contributed by atoms with Gasteiger partial charge in [0, 0.05) is 9.13 Å². The summed E-state index contributed by atoms with van der Waals surface area (Å²) in [7, 11) is 0. The molecule has 0 atom stereocenters. The highest BCUT2D eigenvalue weighted by molar-refractivity contribution is 14.1. The van der Waals surface area contributed by atoms with Gasteiger partial charge in [0.25, 0.3) is 0 Å². The highest BCUT2D eigenvalue weighted by Gasteiger charge is 2.14. The molecule has 2 aromatic carbocycles. The van der Waals surface area contributed by atoms with Crippen molar-refractivity contribution in [2.24, 2.45) is 0 Å². The second-order valence-corrected chi connectivity index (χ2v) is 6.55. The van der Waals surface area contributed by atoms with E-state index in [1.165, 1.54) is 14.7 Å². The first-order valence-corrected chi connectivity index (χ1v) is 7.75. The normalized spacial score (nSPS) is 11.2. The summed E-state index contributed by atoms with van der Waals surface area (Å²) in [5.41, 5.74) is 5.12. The van der Waals surface area contributed by atoms with Gasteiger partial charge in [-0.05, 0) is 87.8 Å². The van der Waals surface area contributed by atoms with Crippen LogP contribution in [0.3, 0.4) is 0 Å². The van der Waals surface area contributed by atoms with Gasteiger partial charge in [-0.3, -0.25) is 0 Å². The molecule has 0 saturated carbocycles. The largest absolute Gasteiger partial charge is 0.435 e. The Labute approximate surface area is 133 Å². The minimum absolute atomic E-state index is 0.666. The Balaban J connectivity index is 2.25. The molecule has 0 amide bonds. The predicted octanol–water partition coefficient (Wildman–Crippen LogP) is 5.48. The van der Waals surface area contributed by atoms with E-state index in [2.05, 4.69) is 75.6 Å². The summed E-state index contributed by atoms with van der Waals surface area (Å²) in [5, 5.41) is 0. The van der Waals surface area contributed by atoms with Crippen LogP contribution in [0, 0.1) is 17.4 Å². The van der Waals surface area contributed by atoms with Crippen molar-refractivity contribution in [3.63, 3.8) is 0 Å². The van der Waals surface area contributed by atoms with Crippen molar-refractivity contribution >= 4 is 49.6 Å². The average molecular weight is 428 g/mol. The first-order chi connectivity index (χ1) is 9.06. The molecule has 1 aromatic heterocycles. The molecule has 96 valence electrons. The molecule has 4 heteroatoms. The van der Waals surface area contributed by atoms with Gasteiger partial charge in [0.1, 0.15) is 5.52 Å². The second kappa shape index (κ2) is 4.90. The third kappa shape index (κ3) is 2.31. The molecule has 3 aromatic rings. The van der Waals surface area contributed by atoms with E-state index < -0.39 is 0 Å². The number of aryl methyl sites for hydroxylation is 1. The molecule has 0 aliphatic rings. The third-order valence-corrected chi connectivity index (χ3v) is 4.82. The Morgan fingerprint density at radius 2 is 2.00 bits per heavy atom. The third-order valence-electron chi connectivity index (χ3n) is 3.20. The van der Waals surface area contributed by atoms with E-state index in [-0.39, 0.29) is 0 Å². The second-order valence-electron chi connectivity index (χ2n) is 4.51. The molecule has 0 N–H and O–H groups in total. The van der Waals surface area contributed by atoms with Crippen molar-refractivity contribution in [3.05, 3.63) is 49.5 Å². The zero-order valence-electron chi connectivity index (χ0n) is 10.5. The van der Waals surface area contributed by atoms with Crippen LogP contribution in [0.5, 0.6) is 0 Å². The zero-order chi connectivity index (χ0) is 13.6. The molecular weight excluding hydrogens is 417 g/mol. The maximum Gasteiger partial charge on any atom is 0.227 e. The Morgan fingerprint density at radius 1 is 1.21 bits per heavy atom. The lowest BCUT2D eigenvalue weighted by Gasteiger charge is -2.01. The number of nitrogens with zero attached hydrogens (tertiary/aromatic N) is 1. The quantitative estimate of drug-likeness (QED) is 0.480. The highest BCUT2D eigenvalue weighted by atomic mass is 127. The lowest BCUT2D eigenvalue weighted by molar-refractivity contribution is 0.617. The molecule has 0 aliphatic carbocycles. The van der Waals surface area contributed by atoms with E-state index in [1.54, 1.807) is 0 Å². The first kappa shape index (κ1) is 13.1. The highest BCUT2D eigenvalue weighted by Crippen LogP contribution is 2.33. The molecule has 0 fully saturated rings. The van der Waals surface area contributed by atoms with E-state index in [1.807, 2.05) is 12.1 Å². The number of rotatable bonds is 1. The average Bonchev–Trinajstić information content (AvgIpc) is 2.80. The summed E-state index contributed by atoms with van der Waals surface area (Å²) in [5.74, 6) is 0.666. The summed E-state index contributed by atoms with van der Waals surface area (Å²) in [6.45, 7) is 4.16. The standard InChI is InChI=1S/C15H11BrINO/c1-8-6-12-14(13(16)9(8)2)19-15(18-12)10-4-3-5-11(17)7-10/h3-7H,1-2H3. The minimum Gasteiger partial charge on any atom is -0.435 e. The summed E-state index contributed by atoms with van der Waals surface area (Å²) in [6, 6.07) is 10.2. The smallest absolute Gasteiger partial charge is 0.227 e. The number of fused-ring (bicyclic) bond motifs is 1.